The molecule has 27 heavy (non-hydrogen) atoms. The number of benzene rings is 2. The number of carbonyl (C=O) groups is 1. The Hall–Kier alpha value is -2.82. The number of ether oxygens (including phenoxy) is 2. The summed E-state index contributed by atoms with van der Waals surface area (Å²) in [6.45, 7) is 7.87. The Balaban J connectivity index is 1.96. The average Bonchev–Trinajstić information content (AvgIpc) is 2.61. The van der Waals surface area contributed by atoms with Crippen molar-refractivity contribution in [2.24, 2.45) is 5.10 Å². The largest absolute Gasteiger partial charge is 0.491 e. The Morgan fingerprint density at radius 1 is 1.04 bits per heavy atom. The van der Waals surface area contributed by atoms with Crippen molar-refractivity contribution in [3.05, 3.63) is 59.7 Å². The van der Waals surface area contributed by atoms with Gasteiger partial charge >= 0.3 is 0 Å². The molecule has 5 heteroatoms. The molecule has 0 unspecified atom stereocenters. The summed E-state index contributed by atoms with van der Waals surface area (Å²) >= 11 is 0. The number of hydrogen-bond donors (Lipinski definition) is 1. The molecule has 0 spiro atoms. The van der Waals surface area contributed by atoms with Crippen LogP contribution in [0, 0.1) is 0 Å². The fraction of sp³-hybridized carbons (Fsp3) is 0.364. The van der Waals surface area contributed by atoms with E-state index in [-0.39, 0.29) is 18.1 Å². The highest BCUT2D eigenvalue weighted by molar-refractivity contribution is 5.85. The lowest BCUT2D eigenvalue weighted by Crippen LogP contribution is -2.18. The van der Waals surface area contributed by atoms with Crippen LogP contribution in [0.2, 0.25) is 0 Å². The molecule has 1 amide bonds. The van der Waals surface area contributed by atoms with Gasteiger partial charge in [-0.05, 0) is 51.8 Å². The van der Waals surface area contributed by atoms with Crippen LogP contribution in [0.5, 0.6) is 11.5 Å². The van der Waals surface area contributed by atoms with Crippen LogP contribution in [0.4, 0.5) is 0 Å². The van der Waals surface area contributed by atoms with E-state index >= 15 is 0 Å². The molecule has 144 valence electrons. The normalized spacial score (nSPS) is 11.2. The fourth-order valence-corrected chi connectivity index (χ4v) is 2.46. The molecule has 0 aliphatic rings. The van der Waals surface area contributed by atoms with Crippen LogP contribution in [0.25, 0.3) is 0 Å². The summed E-state index contributed by atoms with van der Waals surface area (Å²) < 4.78 is 11.6. The summed E-state index contributed by atoms with van der Waals surface area (Å²) in [5.74, 6) is 1.29. The molecule has 0 heterocycles. The molecule has 0 saturated heterocycles. The topological polar surface area (TPSA) is 59.9 Å². The molecule has 0 bridgehead atoms. The maximum atomic E-state index is 12.0. The van der Waals surface area contributed by atoms with Crippen LogP contribution in [0.1, 0.15) is 45.2 Å². The summed E-state index contributed by atoms with van der Waals surface area (Å²) in [5, 5.41) is 4.07. The molecular formula is C22H28N2O3. The van der Waals surface area contributed by atoms with Crippen LogP contribution in [0.15, 0.2) is 53.6 Å². The van der Waals surface area contributed by atoms with Gasteiger partial charge in [-0.3, -0.25) is 4.79 Å². The minimum atomic E-state index is -0.124. The Labute approximate surface area is 161 Å². The van der Waals surface area contributed by atoms with Gasteiger partial charge in [0.1, 0.15) is 11.5 Å². The van der Waals surface area contributed by atoms with Crippen molar-refractivity contribution < 1.29 is 14.3 Å². The maximum absolute atomic E-state index is 12.0. The van der Waals surface area contributed by atoms with E-state index in [9.17, 15) is 4.79 Å². The summed E-state index contributed by atoms with van der Waals surface area (Å²) in [5.41, 5.74) is 4.48. The number of hydrazone groups is 1. The molecule has 1 N–H and O–H groups in total. The van der Waals surface area contributed by atoms with Gasteiger partial charge in [0.2, 0.25) is 5.91 Å². The lowest BCUT2D eigenvalue weighted by atomic mass is 10.1. The van der Waals surface area contributed by atoms with E-state index in [1.165, 1.54) is 0 Å². The van der Waals surface area contributed by atoms with E-state index < -0.39 is 0 Å². The second-order valence-corrected chi connectivity index (χ2v) is 6.81. The zero-order valence-electron chi connectivity index (χ0n) is 16.4. The van der Waals surface area contributed by atoms with Gasteiger partial charge in [-0.25, -0.2) is 5.43 Å². The smallest absolute Gasteiger partial charge is 0.240 e. The summed E-state index contributed by atoms with van der Waals surface area (Å²) in [6.07, 6.45) is 2.77. The monoisotopic (exact) mass is 368 g/mol. The first-order valence-electron chi connectivity index (χ1n) is 9.27. The number of nitrogens with one attached hydrogen (secondary N) is 1. The molecule has 2 aromatic rings. The maximum Gasteiger partial charge on any atom is 0.240 e. The number of nitrogens with zero attached hydrogens (tertiary/aromatic N) is 1. The standard InChI is InChI=1S/C22H28N2O3/c1-16(2)26-20-12-11-19(21(14-20)27-17(3)4)15-23-24-22(25)13-10-18-8-6-5-7-9-18/h5-9,11-12,14-17H,10,13H2,1-4H3,(H,24,25)/b23-15-. The van der Waals surface area contributed by atoms with Crippen molar-refractivity contribution >= 4 is 12.1 Å². The van der Waals surface area contributed by atoms with Gasteiger partial charge in [0, 0.05) is 18.1 Å². The van der Waals surface area contributed by atoms with E-state index in [0.717, 1.165) is 16.9 Å². The van der Waals surface area contributed by atoms with Gasteiger partial charge in [0.05, 0.1) is 18.4 Å². The van der Waals surface area contributed by atoms with E-state index in [1.54, 1.807) is 6.21 Å². The molecule has 2 aromatic carbocycles. The summed E-state index contributed by atoms with van der Waals surface area (Å²) in [6, 6.07) is 15.5. The van der Waals surface area contributed by atoms with Crippen molar-refractivity contribution in [2.45, 2.75) is 52.7 Å². The van der Waals surface area contributed by atoms with Crippen molar-refractivity contribution in [2.75, 3.05) is 0 Å². The molecule has 0 aromatic heterocycles. The van der Waals surface area contributed by atoms with Gasteiger partial charge in [-0.1, -0.05) is 30.3 Å². The molecule has 0 fully saturated rings. The van der Waals surface area contributed by atoms with Gasteiger partial charge in [0.15, 0.2) is 0 Å². The predicted octanol–water partition coefficient (Wildman–Crippen LogP) is 4.34. The second kappa shape index (κ2) is 10.4. The predicted molar refractivity (Wildman–Crippen MR) is 108 cm³/mol. The summed E-state index contributed by atoms with van der Waals surface area (Å²) in [7, 11) is 0. The van der Waals surface area contributed by atoms with E-state index in [4.69, 9.17) is 9.47 Å². The third-order valence-corrected chi connectivity index (χ3v) is 3.60. The minimum absolute atomic E-state index is 0.0203. The molecule has 5 nitrogen and oxygen atoms in total. The van der Waals surface area contributed by atoms with Crippen molar-refractivity contribution in [1.82, 2.24) is 5.43 Å². The van der Waals surface area contributed by atoms with E-state index in [1.807, 2.05) is 76.2 Å². The van der Waals surface area contributed by atoms with Gasteiger partial charge < -0.3 is 9.47 Å². The third-order valence-electron chi connectivity index (χ3n) is 3.60. The Bertz CT molecular complexity index is 755. The first-order valence-corrected chi connectivity index (χ1v) is 9.27. The highest BCUT2D eigenvalue weighted by Gasteiger charge is 2.08. The molecule has 0 aliphatic carbocycles. The number of amides is 1. The van der Waals surface area contributed by atoms with Crippen LogP contribution < -0.4 is 14.9 Å². The Kier molecular flexibility index (Phi) is 7.86. The van der Waals surface area contributed by atoms with E-state index in [2.05, 4.69) is 10.5 Å². The second-order valence-electron chi connectivity index (χ2n) is 6.81. The number of carbonyl (C=O) groups excluding carboxylic acids is 1. The highest BCUT2D eigenvalue weighted by atomic mass is 16.5. The molecule has 2 rings (SSSR count). The zero-order valence-corrected chi connectivity index (χ0v) is 16.4. The number of hydrogen-bond acceptors (Lipinski definition) is 4. The molecular weight excluding hydrogens is 340 g/mol. The van der Waals surface area contributed by atoms with Crippen LogP contribution in [-0.2, 0) is 11.2 Å². The number of rotatable bonds is 9. The Morgan fingerprint density at radius 3 is 2.41 bits per heavy atom. The van der Waals surface area contributed by atoms with Crippen molar-refractivity contribution in [1.29, 1.82) is 0 Å². The zero-order chi connectivity index (χ0) is 19.6. The Morgan fingerprint density at radius 2 is 1.74 bits per heavy atom. The summed E-state index contributed by atoms with van der Waals surface area (Å²) in [4.78, 5) is 12.0. The van der Waals surface area contributed by atoms with Crippen molar-refractivity contribution in [3.8, 4) is 11.5 Å². The molecule has 0 atom stereocenters. The van der Waals surface area contributed by atoms with Crippen LogP contribution >= 0.6 is 0 Å². The van der Waals surface area contributed by atoms with Gasteiger partial charge in [-0.15, -0.1) is 0 Å². The fourth-order valence-electron chi connectivity index (χ4n) is 2.46. The molecule has 0 radical (unpaired) electrons. The highest BCUT2D eigenvalue weighted by Crippen LogP contribution is 2.25. The van der Waals surface area contributed by atoms with Gasteiger partial charge in [0.25, 0.3) is 0 Å². The molecule has 0 aliphatic heterocycles. The average molecular weight is 368 g/mol. The molecule has 0 saturated carbocycles. The number of aryl methyl sites for hydroxylation is 1. The van der Waals surface area contributed by atoms with Crippen LogP contribution in [0.3, 0.4) is 0 Å². The van der Waals surface area contributed by atoms with E-state index in [0.29, 0.717) is 18.6 Å². The quantitative estimate of drug-likeness (QED) is 0.529. The SMILES string of the molecule is CC(C)Oc1ccc(/C=N\NC(=O)CCc2ccccc2)c(OC(C)C)c1. The van der Waals surface area contributed by atoms with Crippen LogP contribution in [-0.4, -0.2) is 24.3 Å². The first-order chi connectivity index (χ1) is 12.9. The van der Waals surface area contributed by atoms with Gasteiger partial charge in [-0.2, -0.15) is 5.10 Å². The minimum Gasteiger partial charge on any atom is -0.491 e. The third kappa shape index (κ3) is 7.52. The lowest BCUT2D eigenvalue weighted by molar-refractivity contribution is -0.121. The first kappa shape index (κ1) is 20.5. The lowest BCUT2D eigenvalue weighted by Gasteiger charge is -2.15. The van der Waals surface area contributed by atoms with Crippen molar-refractivity contribution in [3.63, 3.8) is 0 Å².